The van der Waals surface area contributed by atoms with Gasteiger partial charge in [-0.05, 0) is 52.3 Å². The maximum absolute atomic E-state index is 5.96. The van der Waals surface area contributed by atoms with E-state index in [-0.39, 0.29) is 12.2 Å². The number of nitrogens with one attached hydrogen (secondary N) is 1. The summed E-state index contributed by atoms with van der Waals surface area (Å²) in [6, 6.07) is 16.6. The van der Waals surface area contributed by atoms with Gasteiger partial charge >= 0.3 is 0 Å². The normalized spacial score (nSPS) is 11.1. The van der Waals surface area contributed by atoms with Crippen LogP contribution in [0.2, 0.25) is 0 Å². The number of hydrogen-bond acceptors (Lipinski definition) is 3. The van der Waals surface area contributed by atoms with Gasteiger partial charge in [-0.15, -0.1) is 0 Å². The third-order valence-corrected chi connectivity index (χ3v) is 3.52. The van der Waals surface area contributed by atoms with E-state index < -0.39 is 0 Å². The van der Waals surface area contributed by atoms with Crippen molar-refractivity contribution in [2.24, 2.45) is 0 Å². The van der Waals surface area contributed by atoms with Crippen LogP contribution >= 0.6 is 0 Å². The first kappa shape index (κ1) is 18.3. The minimum absolute atomic E-state index is 0.141. The second kappa shape index (κ2) is 9.33. The van der Waals surface area contributed by atoms with E-state index in [0.717, 1.165) is 36.6 Å². The molecule has 2 aromatic rings. The second-order valence-corrected chi connectivity index (χ2v) is 6.52. The van der Waals surface area contributed by atoms with Crippen LogP contribution in [0.25, 0.3) is 0 Å². The largest absolute Gasteiger partial charge is 0.491 e. The van der Waals surface area contributed by atoms with Crippen LogP contribution in [0.15, 0.2) is 48.5 Å². The van der Waals surface area contributed by atoms with Gasteiger partial charge in [0.25, 0.3) is 0 Å². The van der Waals surface area contributed by atoms with E-state index in [1.54, 1.807) is 0 Å². The molecular formula is C21H29NO2. The summed E-state index contributed by atoms with van der Waals surface area (Å²) >= 11 is 0. The molecular weight excluding hydrogens is 298 g/mol. The molecule has 3 nitrogen and oxygen atoms in total. The highest BCUT2D eigenvalue weighted by molar-refractivity contribution is 5.41. The van der Waals surface area contributed by atoms with Gasteiger partial charge in [0.1, 0.15) is 11.5 Å². The zero-order valence-corrected chi connectivity index (χ0v) is 15.2. The van der Waals surface area contributed by atoms with Gasteiger partial charge in [0, 0.05) is 18.2 Å². The van der Waals surface area contributed by atoms with Gasteiger partial charge < -0.3 is 14.8 Å². The standard InChI is InChI=1S/C21H29NO2/c1-16(2)23-20-11-10-19(21(14-20)24-17(3)4)15-22-13-12-18-8-6-5-7-9-18/h5-11,14,16-17,22H,12-13,15H2,1-4H3. The van der Waals surface area contributed by atoms with Gasteiger partial charge in [0.15, 0.2) is 0 Å². The van der Waals surface area contributed by atoms with E-state index in [1.807, 2.05) is 45.9 Å². The SMILES string of the molecule is CC(C)Oc1ccc(CNCCc2ccccc2)c(OC(C)C)c1. The Morgan fingerprint density at radius 3 is 2.25 bits per heavy atom. The molecule has 3 heteroatoms. The zero-order valence-electron chi connectivity index (χ0n) is 15.2. The van der Waals surface area contributed by atoms with Crippen LogP contribution in [-0.4, -0.2) is 18.8 Å². The second-order valence-electron chi connectivity index (χ2n) is 6.52. The fourth-order valence-corrected chi connectivity index (χ4v) is 2.49. The van der Waals surface area contributed by atoms with Crippen molar-refractivity contribution >= 4 is 0 Å². The molecule has 0 radical (unpaired) electrons. The molecule has 1 N–H and O–H groups in total. The molecule has 0 aromatic heterocycles. The molecule has 130 valence electrons. The number of benzene rings is 2. The summed E-state index contributed by atoms with van der Waals surface area (Å²) in [6.45, 7) is 9.88. The summed E-state index contributed by atoms with van der Waals surface area (Å²) in [5, 5.41) is 3.50. The van der Waals surface area contributed by atoms with Crippen LogP contribution in [-0.2, 0) is 13.0 Å². The monoisotopic (exact) mass is 327 g/mol. The Bertz CT molecular complexity index is 608. The van der Waals surface area contributed by atoms with Crippen molar-refractivity contribution in [3.63, 3.8) is 0 Å². The predicted octanol–water partition coefficient (Wildman–Crippen LogP) is 4.59. The van der Waals surface area contributed by atoms with Gasteiger partial charge in [-0.1, -0.05) is 36.4 Å². The van der Waals surface area contributed by atoms with Crippen LogP contribution in [0.1, 0.15) is 38.8 Å². The van der Waals surface area contributed by atoms with E-state index in [2.05, 4.69) is 35.6 Å². The van der Waals surface area contributed by atoms with Crippen LogP contribution < -0.4 is 14.8 Å². The van der Waals surface area contributed by atoms with E-state index in [0.29, 0.717) is 0 Å². The summed E-state index contributed by atoms with van der Waals surface area (Å²) in [7, 11) is 0. The molecule has 2 aromatic carbocycles. The molecule has 0 aliphatic rings. The van der Waals surface area contributed by atoms with Gasteiger partial charge in [-0.2, -0.15) is 0 Å². The first-order valence-electron chi connectivity index (χ1n) is 8.75. The van der Waals surface area contributed by atoms with Crippen LogP contribution in [0.4, 0.5) is 0 Å². The molecule has 0 fully saturated rings. The van der Waals surface area contributed by atoms with E-state index in [4.69, 9.17) is 9.47 Å². The molecule has 0 bridgehead atoms. The molecule has 2 rings (SSSR count). The highest BCUT2D eigenvalue weighted by atomic mass is 16.5. The zero-order chi connectivity index (χ0) is 17.4. The van der Waals surface area contributed by atoms with Gasteiger partial charge in [0.2, 0.25) is 0 Å². The van der Waals surface area contributed by atoms with Crippen molar-refractivity contribution in [1.29, 1.82) is 0 Å². The predicted molar refractivity (Wildman–Crippen MR) is 99.8 cm³/mol. The van der Waals surface area contributed by atoms with Crippen molar-refractivity contribution in [2.75, 3.05) is 6.54 Å². The lowest BCUT2D eigenvalue weighted by atomic mass is 10.1. The first-order valence-corrected chi connectivity index (χ1v) is 8.75. The van der Waals surface area contributed by atoms with Crippen LogP contribution in [0.5, 0.6) is 11.5 Å². The highest BCUT2D eigenvalue weighted by Crippen LogP contribution is 2.26. The molecule has 0 saturated carbocycles. The van der Waals surface area contributed by atoms with E-state index >= 15 is 0 Å². The molecule has 0 heterocycles. The Labute approximate surface area is 146 Å². The summed E-state index contributed by atoms with van der Waals surface area (Å²) < 4.78 is 11.7. The number of rotatable bonds is 9. The van der Waals surface area contributed by atoms with Gasteiger partial charge in [-0.25, -0.2) is 0 Å². The third-order valence-electron chi connectivity index (χ3n) is 3.52. The Kier molecular flexibility index (Phi) is 7.13. The number of ether oxygens (including phenoxy) is 2. The highest BCUT2D eigenvalue weighted by Gasteiger charge is 2.09. The fourth-order valence-electron chi connectivity index (χ4n) is 2.49. The summed E-state index contributed by atoms with van der Waals surface area (Å²) in [4.78, 5) is 0. The summed E-state index contributed by atoms with van der Waals surface area (Å²) in [5.74, 6) is 1.75. The Balaban J connectivity index is 1.94. The lowest BCUT2D eigenvalue weighted by molar-refractivity contribution is 0.227. The minimum Gasteiger partial charge on any atom is -0.491 e. The Morgan fingerprint density at radius 2 is 1.58 bits per heavy atom. The Hall–Kier alpha value is -2.00. The first-order chi connectivity index (χ1) is 11.5. The molecule has 24 heavy (non-hydrogen) atoms. The minimum atomic E-state index is 0.141. The third kappa shape index (κ3) is 6.25. The lowest BCUT2D eigenvalue weighted by Crippen LogP contribution is -2.18. The Morgan fingerprint density at radius 1 is 0.875 bits per heavy atom. The summed E-state index contributed by atoms with van der Waals surface area (Å²) in [6.07, 6.45) is 1.32. The number of hydrogen-bond donors (Lipinski definition) is 1. The molecule has 0 aliphatic heterocycles. The molecule has 0 spiro atoms. The van der Waals surface area contributed by atoms with E-state index in [9.17, 15) is 0 Å². The van der Waals surface area contributed by atoms with Crippen molar-refractivity contribution in [3.05, 3.63) is 59.7 Å². The van der Waals surface area contributed by atoms with Crippen LogP contribution in [0, 0.1) is 0 Å². The van der Waals surface area contributed by atoms with Crippen molar-refractivity contribution in [3.8, 4) is 11.5 Å². The average Bonchev–Trinajstić information content (AvgIpc) is 2.53. The molecule has 0 saturated heterocycles. The maximum Gasteiger partial charge on any atom is 0.127 e. The topological polar surface area (TPSA) is 30.5 Å². The average molecular weight is 327 g/mol. The fraction of sp³-hybridized carbons (Fsp3) is 0.429. The summed E-state index contributed by atoms with van der Waals surface area (Å²) in [5.41, 5.74) is 2.51. The molecule has 0 aliphatic carbocycles. The van der Waals surface area contributed by atoms with E-state index in [1.165, 1.54) is 5.56 Å². The lowest BCUT2D eigenvalue weighted by Gasteiger charge is -2.17. The van der Waals surface area contributed by atoms with Crippen molar-refractivity contribution in [2.45, 2.75) is 52.9 Å². The van der Waals surface area contributed by atoms with Crippen molar-refractivity contribution in [1.82, 2.24) is 5.32 Å². The maximum atomic E-state index is 5.96. The quantitative estimate of drug-likeness (QED) is 0.683. The molecule has 0 atom stereocenters. The van der Waals surface area contributed by atoms with Gasteiger partial charge in [-0.3, -0.25) is 0 Å². The molecule has 0 amide bonds. The van der Waals surface area contributed by atoms with Crippen molar-refractivity contribution < 1.29 is 9.47 Å². The van der Waals surface area contributed by atoms with Crippen LogP contribution in [0.3, 0.4) is 0 Å². The smallest absolute Gasteiger partial charge is 0.127 e. The molecule has 0 unspecified atom stereocenters. The van der Waals surface area contributed by atoms with Gasteiger partial charge in [0.05, 0.1) is 12.2 Å².